The Labute approximate surface area is 77.8 Å². The molecule has 0 radical (unpaired) electrons. The minimum Gasteiger partial charge on any atom is -0.399 e. The Hall–Kier alpha value is -1.75. The van der Waals surface area contributed by atoms with Crippen LogP contribution in [0.2, 0.25) is 0 Å². The van der Waals surface area contributed by atoms with Crippen molar-refractivity contribution in [1.82, 2.24) is 0 Å². The van der Waals surface area contributed by atoms with E-state index in [0.717, 1.165) is 22.4 Å². The normalized spacial score (nSPS) is 8.77. The molecule has 0 aliphatic carbocycles. The fourth-order valence-electron chi connectivity index (χ4n) is 1.08. The molecule has 0 atom stereocenters. The lowest BCUT2D eigenvalue weighted by Crippen LogP contribution is -1.94. The topological polar surface area (TPSA) is 43.1 Å². The van der Waals surface area contributed by atoms with Crippen LogP contribution < -0.4 is 5.73 Å². The van der Waals surface area contributed by atoms with Crippen molar-refractivity contribution in [3.05, 3.63) is 28.8 Å². The van der Waals surface area contributed by atoms with Gasteiger partial charge in [-0.1, -0.05) is 5.92 Å². The number of rotatable bonds is 0. The van der Waals surface area contributed by atoms with Crippen LogP contribution in [0.25, 0.3) is 0 Å². The Morgan fingerprint density at radius 2 is 2.00 bits per heavy atom. The van der Waals surface area contributed by atoms with Crippen LogP contribution in [0.1, 0.15) is 16.7 Å². The molecule has 0 fully saturated rings. The number of carbonyl (C=O) groups is 1. The molecule has 2 N–H and O–H groups in total. The van der Waals surface area contributed by atoms with Crippen molar-refractivity contribution in [3.63, 3.8) is 0 Å². The Bertz CT molecular complexity index is 397. The number of hydrogen-bond acceptors (Lipinski definition) is 2. The van der Waals surface area contributed by atoms with Gasteiger partial charge >= 0.3 is 0 Å². The summed E-state index contributed by atoms with van der Waals surface area (Å²) in [6, 6.07) is 3.63. The van der Waals surface area contributed by atoms with Crippen LogP contribution in [0, 0.1) is 25.7 Å². The molecule has 0 bridgehead atoms. The molecule has 13 heavy (non-hydrogen) atoms. The lowest BCUT2D eigenvalue weighted by molar-refractivity contribution is -0.103. The number of aldehydes is 1. The number of anilines is 1. The number of hydrogen-bond donors (Lipinski definition) is 1. The average Bonchev–Trinajstić information content (AvgIpc) is 2.13. The van der Waals surface area contributed by atoms with Crippen LogP contribution in [0.15, 0.2) is 12.1 Å². The minimum absolute atomic E-state index is 0.588. The van der Waals surface area contributed by atoms with Gasteiger partial charge in [0.1, 0.15) is 0 Å². The summed E-state index contributed by atoms with van der Waals surface area (Å²) in [7, 11) is 0. The molecule has 0 amide bonds. The van der Waals surface area contributed by atoms with E-state index in [1.165, 1.54) is 0 Å². The third-order valence-corrected chi connectivity index (χ3v) is 2.09. The summed E-state index contributed by atoms with van der Waals surface area (Å²) in [5.41, 5.74) is 9.38. The lowest BCUT2D eigenvalue weighted by atomic mass is 10.0. The number of nitrogens with two attached hydrogens (primary N) is 1. The van der Waals surface area contributed by atoms with E-state index in [1.54, 1.807) is 6.07 Å². The third-order valence-electron chi connectivity index (χ3n) is 2.09. The molecule has 2 nitrogen and oxygen atoms in total. The second-order valence-corrected chi connectivity index (χ2v) is 2.84. The number of nitrogen functional groups attached to an aromatic ring is 1. The van der Waals surface area contributed by atoms with Gasteiger partial charge in [0.05, 0.1) is 0 Å². The van der Waals surface area contributed by atoms with E-state index in [4.69, 9.17) is 5.73 Å². The van der Waals surface area contributed by atoms with Gasteiger partial charge in [0.2, 0.25) is 0 Å². The van der Waals surface area contributed by atoms with E-state index in [1.807, 2.05) is 19.9 Å². The lowest BCUT2D eigenvalue weighted by Gasteiger charge is -2.05. The molecule has 66 valence electrons. The summed E-state index contributed by atoms with van der Waals surface area (Å²) in [4.78, 5) is 10.0. The Kier molecular flexibility index (Phi) is 2.71. The third kappa shape index (κ3) is 1.88. The standard InChI is InChI=1S/C11H11NO/c1-8-9(2)11(12)6-5-10(8)4-3-7-13/h5-7H,12H2,1-2H3. The van der Waals surface area contributed by atoms with Gasteiger partial charge in [0, 0.05) is 11.3 Å². The van der Waals surface area contributed by atoms with Gasteiger partial charge in [-0.05, 0) is 43.0 Å². The molecule has 0 aliphatic rings. The molecular weight excluding hydrogens is 162 g/mol. The molecule has 0 aliphatic heterocycles. The molecule has 0 unspecified atom stereocenters. The zero-order valence-corrected chi connectivity index (χ0v) is 7.72. The SMILES string of the molecule is Cc1c(N)ccc(C#CC=O)c1C. The first kappa shape index (κ1) is 9.34. The van der Waals surface area contributed by atoms with Crippen molar-refractivity contribution in [1.29, 1.82) is 0 Å². The monoisotopic (exact) mass is 173 g/mol. The Balaban J connectivity index is 3.25. The van der Waals surface area contributed by atoms with Crippen LogP contribution >= 0.6 is 0 Å². The van der Waals surface area contributed by atoms with E-state index in [9.17, 15) is 4.79 Å². The van der Waals surface area contributed by atoms with Crippen molar-refractivity contribution < 1.29 is 4.79 Å². The van der Waals surface area contributed by atoms with Gasteiger partial charge in [-0.2, -0.15) is 0 Å². The van der Waals surface area contributed by atoms with Gasteiger partial charge in [-0.15, -0.1) is 0 Å². The smallest absolute Gasteiger partial charge is 0.193 e. The summed E-state index contributed by atoms with van der Waals surface area (Å²) in [6.45, 7) is 3.89. The molecule has 0 saturated heterocycles. The fourth-order valence-corrected chi connectivity index (χ4v) is 1.08. The van der Waals surface area contributed by atoms with Crippen LogP contribution in [-0.2, 0) is 4.79 Å². The Morgan fingerprint density at radius 3 is 2.62 bits per heavy atom. The highest BCUT2D eigenvalue weighted by Gasteiger charge is 2.00. The molecule has 0 heterocycles. The van der Waals surface area contributed by atoms with Crippen molar-refractivity contribution in [2.24, 2.45) is 0 Å². The zero-order chi connectivity index (χ0) is 9.84. The van der Waals surface area contributed by atoms with E-state index in [-0.39, 0.29) is 0 Å². The Morgan fingerprint density at radius 1 is 1.31 bits per heavy atom. The van der Waals surface area contributed by atoms with Crippen molar-refractivity contribution >= 4 is 12.0 Å². The molecule has 0 saturated carbocycles. The largest absolute Gasteiger partial charge is 0.399 e. The zero-order valence-electron chi connectivity index (χ0n) is 7.72. The second kappa shape index (κ2) is 3.77. The molecule has 1 aromatic carbocycles. The average molecular weight is 173 g/mol. The van der Waals surface area contributed by atoms with Gasteiger partial charge in [0.25, 0.3) is 0 Å². The quantitative estimate of drug-likeness (QED) is 0.366. The molecule has 0 spiro atoms. The van der Waals surface area contributed by atoms with Crippen molar-refractivity contribution in [3.8, 4) is 11.8 Å². The highest BCUT2D eigenvalue weighted by molar-refractivity contribution is 5.74. The first-order valence-corrected chi connectivity index (χ1v) is 3.97. The van der Waals surface area contributed by atoms with Crippen LogP contribution in [0.4, 0.5) is 5.69 Å². The summed E-state index contributed by atoms with van der Waals surface area (Å²) in [5, 5.41) is 0. The molecule has 1 aromatic rings. The summed E-state index contributed by atoms with van der Waals surface area (Å²) >= 11 is 0. The molecule has 0 aromatic heterocycles. The van der Waals surface area contributed by atoms with Crippen LogP contribution in [-0.4, -0.2) is 6.29 Å². The van der Waals surface area contributed by atoms with E-state index >= 15 is 0 Å². The molecule has 1 rings (SSSR count). The van der Waals surface area contributed by atoms with Crippen molar-refractivity contribution in [2.75, 3.05) is 5.73 Å². The molecule has 2 heteroatoms. The maximum absolute atomic E-state index is 10.0. The van der Waals surface area contributed by atoms with Crippen LogP contribution in [0.3, 0.4) is 0 Å². The van der Waals surface area contributed by atoms with E-state index < -0.39 is 0 Å². The first-order chi connectivity index (χ1) is 6.16. The number of carbonyl (C=O) groups excluding carboxylic acids is 1. The maximum atomic E-state index is 10.0. The predicted octanol–water partition coefficient (Wildman–Crippen LogP) is 1.44. The number of benzene rings is 1. The van der Waals surface area contributed by atoms with Gasteiger partial charge in [-0.25, -0.2) is 0 Å². The second-order valence-electron chi connectivity index (χ2n) is 2.84. The van der Waals surface area contributed by atoms with Crippen molar-refractivity contribution in [2.45, 2.75) is 13.8 Å². The van der Waals surface area contributed by atoms with Gasteiger partial charge in [-0.3, -0.25) is 4.79 Å². The van der Waals surface area contributed by atoms with E-state index in [2.05, 4.69) is 11.8 Å². The highest BCUT2D eigenvalue weighted by atomic mass is 16.1. The van der Waals surface area contributed by atoms with Crippen LogP contribution in [0.5, 0.6) is 0 Å². The maximum Gasteiger partial charge on any atom is 0.193 e. The summed E-state index contributed by atoms with van der Waals surface area (Å²) in [5.74, 6) is 5.14. The van der Waals surface area contributed by atoms with Gasteiger partial charge < -0.3 is 5.73 Å². The van der Waals surface area contributed by atoms with Gasteiger partial charge in [0.15, 0.2) is 6.29 Å². The predicted molar refractivity (Wildman–Crippen MR) is 53.3 cm³/mol. The molecular formula is C11H11NO. The highest BCUT2D eigenvalue weighted by Crippen LogP contribution is 2.18. The van der Waals surface area contributed by atoms with E-state index in [0.29, 0.717) is 6.29 Å². The minimum atomic E-state index is 0.588. The summed E-state index contributed by atoms with van der Waals surface area (Å²) < 4.78 is 0. The summed E-state index contributed by atoms with van der Waals surface area (Å²) in [6.07, 6.45) is 0.588. The fraction of sp³-hybridized carbons (Fsp3) is 0.182. The first-order valence-electron chi connectivity index (χ1n) is 3.97.